The molecule has 2 amide bonds. The number of nitrogens with zero attached hydrogens (tertiary/aromatic N) is 5. The van der Waals surface area contributed by atoms with E-state index in [9.17, 15) is 14.4 Å². The fourth-order valence-electron chi connectivity index (χ4n) is 7.61. The van der Waals surface area contributed by atoms with Crippen LogP contribution in [0.2, 0.25) is 0 Å². The van der Waals surface area contributed by atoms with E-state index in [1.54, 1.807) is 24.0 Å². The molecule has 0 aliphatic carbocycles. The molecule has 2 aromatic rings. The summed E-state index contributed by atoms with van der Waals surface area (Å²) in [7, 11) is 0. The number of carbonyl (C=O) groups excluding carboxylic acids is 3. The van der Waals surface area contributed by atoms with Crippen molar-refractivity contribution in [1.29, 1.82) is 0 Å². The van der Waals surface area contributed by atoms with Gasteiger partial charge in [0.1, 0.15) is 5.70 Å². The van der Waals surface area contributed by atoms with Gasteiger partial charge >= 0.3 is 0 Å². The SMILES string of the molecule is C=N/C(=C\C=C(/C)C(=O)NC1CCN(Cc2ccc(N3CCCC3)cc2)CC1)C(=O)N1CCC(C(=O)c2ccc(N3CCCC3)cc2)CC1. The van der Waals surface area contributed by atoms with Crippen LogP contribution < -0.4 is 15.1 Å². The van der Waals surface area contributed by atoms with Gasteiger partial charge in [0.2, 0.25) is 5.91 Å². The van der Waals surface area contributed by atoms with E-state index in [0.717, 1.165) is 64.2 Å². The van der Waals surface area contributed by atoms with E-state index in [1.807, 2.05) is 12.1 Å². The number of piperidine rings is 2. The van der Waals surface area contributed by atoms with Crippen LogP contribution in [0, 0.1) is 5.92 Å². The van der Waals surface area contributed by atoms with E-state index in [2.05, 4.69) is 68.1 Å². The zero-order valence-corrected chi connectivity index (χ0v) is 29.1. The van der Waals surface area contributed by atoms with E-state index in [1.165, 1.54) is 42.6 Å². The number of anilines is 2. The minimum atomic E-state index is -0.224. The Labute approximate surface area is 291 Å². The number of allylic oxidation sites excluding steroid dienone is 2. The lowest BCUT2D eigenvalue weighted by molar-refractivity contribution is -0.128. The minimum absolute atomic E-state index is 0.102. The zero-order chi connectivity index (χ0) is 34.2. The molecule has 2 aromatic carbocycles. The molecule has 0 saturated carbocycles. The van der Waals surface area contributed by atoms with Crippen LogP contribution in [-0.2, 0) is 16.1 Å². The monoisotopic (exact) mass is 664 g/mol. The predicted octanol–water partition coefficient (Wildman–Crippen LogP) is 5.62. The molecule has 4 aliphatic rings. The van der Waals surface area contributed by atoms with Crippen molar-refractivity contribution in [2.45, 2.75) is 70.9 Å². The maximum Gasteiger partial charge on any atom is 0.272 e. The summed E-state index contributed by atoms with van der Waals surface area (Å²) in [4.78, 5) is 52.5. The maximum absolute atomic E-state index is 13.3. The lowest BCUT2D eigenvalue weighted by Crippen LogP contribution is -2.44. The second-order valence-electron chi connectivity index (χ2n) is 14.1. The van der Waals surface area contributed by atoms with Crippen LogP contribution >= 0.6 is 0 Å². The maximum atomic E-state index is 13.3. The number of Topliss-reactive ketones (excluding diaryl/α,β-unsaturated/α-hetero) is 1. The van der Waals surface area contributed by atoms with Gasteiger partial charge < -0.3 is 20.0 Å². The summed E-state index contributed by atoms with van der Waals surface area (Å²) >= 11 is 0. The molecule has 4 heterocycles. The minimum Gasteiger partial charge on any atom is -0.372 e. The Balaban J connectivity index is 0.930. The molecule has 0 spiro atoms. The molecular formula is C40H52N6O3. The molecule has 1 N–H and O–H groups in total. The van der Waals surface area contributed by atoms with Gasteiger partial charge in [-0.2, -0.15) is 0 Å². The average Bonchev–Trinajstić information content (AvgIpc) is 3.89. The lowest BCUT2D eigenvalue weighted by atomic mass is 9.88. The highest BCUT2D eigenvalue weighted by Gasteiger charge is 2.29. The molecule has 0 atom stereocenters. The van der Waals surface area contributed by atoms with Gasteiger partial charge in [0.05, 0.1) is 0 Å². The van der Waals surface area contributed by atoms with Gasteiger partial charge in [-0.3, -0.25) is 24.3 Å². The quantitative estimate of drug-likeness (QED) is 0.145. The Kier molecular flexibility index (Phi) is 11.6. The normalized spacial score (nSPS) is 20.1. The molecule has 4 aliphatic heterocycles. The average molecular weight is 665 g/mol. The number of carbonyl (C=O) groups is 3. The highest BCUT2D eigenvalue weighted by atomic mass is 16.2. The summed E-state index contributed by atoms with van der Waals surface area (Å²) in [5.74, 6) is -0.306. The standard InChI is InChI=1S/C40H52N6O3/c1-30(39(48)42-34-19-25-43(26-20-34)29-31-8-12-35(13-9-31)44-21-3-4-22-44)7-16-37(41-2)40(49)46-27-17-33(18-28-46)38(47)32-10-14-36(15-11-32)45-23-5-6-24-45/h7-16,33-34H,2-6,17-29H2,1H3,(H,42,48)/b30-7+,37-16-. The molecule has 6 rings (SSSR count). The van der Waals surface area contributed by atoms with Crippen molar-refractivity contribution in [3.05, 3.63) is 83.1 Å². The van der Waals surface area contributed by atoms with Gasteiger partial charge in [0.25, 0.3) is 5.91 Å². The van der Waals surface area contributed by atoms with Crippen LogP contribution in [0.15, 0.2) is 76.9 Å². The molecule has 0 bridgehead atoms. The third-order valence-electron chi connectivity index (χ3n) is 10.8. The first-order valence-corrected chi connectivity index (χ1v) is 18.3. The number of rotatable bonds is 11. The summed E-state index contributed by atoms with van der Waals surface area (Å²) in [5.41, 5.74) is 5.30. The summed E-state index contributed by atoms with van der Waals surface area (Å²) in [6.07, 6.45) is 11.3. The first kappa shape index (κ1) is 34.6. The number of ketones is 1. The highest BCUT2D eigenvalue weighted by Crippen LogP contribution is 2.26. The molecule has 9 heteroatoms. The number of likely N-dealkylation sites (tertiary alicyclic amines) is 2. The van der Waals surface area contributed by atoms with Crippen molar-refractivity contribution >= 4 is 35.7 Å². The Bertz CT molecular complexity index is 1520. The second-order valence-corrected chi connectivity index (χ2v) is 14.1. The van der Waals surface area contributed by atoms with Gasteiger partial charge in [-0.05, 0) is 113 Å². The molecule has 0 unspecified atom stereocenters. The van der Waals surface area contributed by atoms with E-state index < -0.39 is 0 Å². The van der Waals surface area contributed by atoms with Crippen LogP contribution in [-0.4, -0.2) is 92.5 Å². The van der Waals surface area contributed by atoms with Crippen LogP contribution in [0.1, 0.15) is 74.2 Å². The molecule has 9 nitrogen and oxygen atoms in total. The van der Waals surface area contributed by atoms with Gasteiger partial charge in [-0.15, -0.1) is 0 Å². The summed E-state index contributed by atoms with van der Waals surface area (Å²) in [6, 6.07) is 17.1. The fraction of sp³-hybridized carbons (Fsp3) is 0.500. The number of aliphatic imine (C=N–C) groups is 1. The Morgan fingerprint density at radius 1 is 0.755 bits per heavy atom. The summed E-state index contributed by atoms with van der Waals surface area (Å²) < 4.78 is 0. The van der Waals surface area contributed by atoms with Gasteiger partial charge in [-0.1, -0.05) is 18.2 Å². The van der Waals surface area contributed by atoms with Crippen molar-refractivity contribution in [2.75, 3.05) is 62.2 Å². The largest absolute Gasteiger partial charge is 0.372 e. The predicted molar refractivity (Wildman–Crippen MR) is 197 cm³/mol. The smallest absolute Gasteiger partial charge is 0.272 e. The number of benzene rings is 2. The Morgan fingerprint density at radius 3 is 1.86 bits per heavy atom. The van der Waals surface area contributed by atoms with Crippen molar-refractivity contribution in [3.63, 3.8) is 0 Å². The van der Waals surface area contributed by atoms with Crippen LogP contribution in [0.4, 0.5) is 11.4 Å². The Morgan fingerprint density at radius 2 is 1.31 bits per heavy atom. The van der Waals surface area contributed by atoms with E-state index >= 15 is 0 Å². The lowest BCUT2D eigenvalue weighted by Gasteiger charge is -2.32. The van der Waals surface area contributed by atoms with E-state index in [-0.39, 0.29) is 35.3 Å². The summed E-state index contributed by atoms with van der Waals surface area (Å²) in [5, 5.41) is 3.18. The molecule has 0 radical (unpaired) electrons. The first-order chi connectivity index (χ1) is 23.9. The van der Waals surface area contributed by atoms with Crippen LogP contribution in [0.5, 0.6) is 0 Å². The molecule has 260 valence electrons. The van der Waals surface area contributed by atoms with E-state index in [4.69, 9.17) is 0 Å². The van der Waals surface area contributed by atoms with Gasteiger partial charge in [0, 0.05) is 93.4 Å². The highest BCUT2D eigenvalue weighted by molar-refractivity contribution is 5.99. The third kappa shape index (κ3) is 8.87. The Hall–Kier alpha value is -4.24. The molecular weight excluding hydrogens is 612 g/mol. The zero-order valence-electron chi connectivity index (χ0n) is 29.1. The number of nitrogens with one attached hydrogen (secondary N) is 1. The molecule has 4 saturated heterocycles. The molecule has 0 aromatic heterocycles. The van der Waals surface area contributed by atoms with Gasteiger partial charge in [-0.25, -0.2) is 0 Å². The van der Waals surface area contributed by atoms with Gasteiger partial charge in [0.15, 0.2) is 5.78 Å². The number of hydrogen-bond acceptors (Lipinski definition) is 7. The van der Waals surface area contributed by atoms with Crippen LogP contribution in [0.3, 0.4) is 0 Å². The molecule has 49 heavy (non-hydrogen) atoms. The van der Waals surface area contributed by atoms with Crippen molar-refractivity contribution in [2.24, 2.45) is 10.9 Å². The number of hydrogen-bond donors (Lipinski definition) is 1. The van der Waals surface area contributed by atoms with Crippen molar-refractivity contribution in [1.82, 2.24) is 15.1 Å². The van der Waals surface area contributed by atoms with E-state index in [0.29, 0.717) is 31.5 Å². The van der Waals surface area contributed by atoms with Crippen molar-refractivity contribution < 1.29 is 14.4 Å². The topological polar surface area (TPSA) is 88.6 Å². The fourth-order valence-corrected chi connectivity index (χ4v) is 7.61. The third-order valence-corrected chi connectivity index (χ3v) is 10.8. The molecule has 4 fully saturated rings. The van der Waals surface area contributed by atoms with Crippen molar-refractivity contribution in [3.8, 4) is 0 Å². The second kappa shape index (κ2) is 16.4. The number of amides is 2. The summed E-state index contributed by atoms with van der Waals surface area (Å²) in [6.45, 7) is 13.6. The first-order valence-electron chi connectivity index (χ1n) is 18.3. The van der Waals surface area contributed by atoms with Crippen LogP contribution in [0.25, 0.3) is 0 Å².